The molecule has 3 aromatic carbocycles. The van der Waals surface area contributed by atoms with Crippen molar-refractivity contribution in [2.75, 3.05) is 18.5 Å². The van der Waals surface area contributed by atoms with Crippen LogP contribution in [0.25, 0.3) is 11.0 Å². The van der Waals surface area contributed by atoms with Gasteiger partial charge in [-0.2, -0.15) is 0 Å². The molecule has 4 atom stereocenters. The first-order chi connectivity index (χ1) is 31.6. The second-order valence-electron chi connectivity index (χ2n) is 19.5. The lowest BCUT2D eigenvalue weighted by atomic mass is 9.55. The molecule has 3 N–H and O–H groups in total. The molecule has 5 aliphatic rings. The number of aromatic nitrogens is 2. The fourth-order valence-electron chi connectivity index (χ4n) is 12.5. The van der Waals surface area contributed by atoms with Crippen LogP contribution in [0.15, 0.2) is 59.4 Å². The third kappa shape index (κ3) is 7.56. The van der Waals surface area contributed by atoms with Crippen LogP contribution < -0.4 is 21.2 Å². The van der Waals surface area contributed by atoms with Crippen molar-refractivity contribution in [3.8, 4) is 11.8 Å². The Bertz CT molecular complexity index is 2740. The molecule has 4 aromatic rings. The van der Waals surface area contributed by atoms with Gasteiger partial charge in [-0.25, -0.2) is 9.18 Å². The molecule has 2 saturated heterocycles. The van der Waals surface area contributed by atoms with Crippen LogP contribution in [-0.4, -0.2) is 79.6 Å². The number of fused-ring (bicyclic) bond motifs is 4. The van der Waals surface area contributed by atoms with Crippen molar-refractivity contribution in [2.24, 2.45) is 7.05 Å². The quantitative estimate of drug-likeness (QED) is 0.0800. The van der Waals surface area contributed by atoms with Crippen molar-refractivity contribution in [1.82, 2.24) is 24.7 Å². The van der Waals surface area contributed by atoms with E-state index in [2.05, 4.69) is 27.4 Å². The van der Waals surface area contributed by atoms with Crippen molar-refractivity contribution < 1.29 is 28.7 Å². The van der Waals surface area contributed by atoms with Gasteiger partial charge in [0.15, 0.2) is 0 Å². The second-order valence-corrected chi connectivity index (χ2v) is 20.3. The summed E-state index contributed by atoms with van der Waals surface area (Å²) in [5.41, 5.74) is 0.288. The number of benzene rings is 3. The van der Waals surface area contributed by atoms with E-state index < -0.39 is 46.3 Å². The Hall–Kier alpha value is -5.00. The predicted octanol–water partition coefficient (Wildman–Crippen LogP) is 7.57. The number of halogens is 3. The Morgan fingerprint density at radius 3 is 2.42 bits per heavy atom. The average Bonchev–Trinajstić information content (AvgIpc) is 3.76. The zero-order valence-electron chi connectivity index (χ0n) is 37.7. The third-order valence-electron chi connectivity index (χ3n) is 15.4. The van der Waals surface area contributed by atoms with Crippen molar-refractivity contribution in [3.05, 3.63) is 97.6 Å². The van der Waals surface area contributed by atoms with Crippen LogP contribution in [0, 0.1) is 17.7 Å². The zero-order chi connectivity index (χ0) is 46.7. The van der Waals surface area contributed by atoms with Gasteiger partial charge in [0.2, 0.25) is 23.6 Å². The van der Waals surface area contributed by atoms with E-state index in [4.69, 9.17) is 23.2 Å². The van der Waals surface area contributed by atoms with E-state index in [1.807, 2.05) is 36.2 Å². The van der Waals surface area contributed by atoms with E-state index in [1.165, 1.54) is 15.2 Å². The summed E-state index contributed by atoms with van der Waals surface area (Å²) in [6.45, 7) is 2.18. The van der Waals surface area contributed by atoms with Crippen molar-refractivity contribution in [3.63, 3.8) is 0 Å². The van der Waals surface area contributed by atoms with E-state index in [-0.39, 0.29) is 52.9 Å². The minimum atomic E-state index is -1.33. The van der Waals surface area contributed by atoms with Crippen LogP contribution in [0.1, 0.15) is 132 Å². The number of imidazole rings is 1. The fraction of sp³-hybridized carbons (Fsp3) is 0.510. The molecule has 2 spiro atoms. The van der Waals surface area contributed by atoms with Crippen LogP contribution >= 0.6 is 23.2 Å². The standard InChI is InChI=1S/C51H57Cl2FN6O6/c1-49(66)29-33(30-49)55-46(63)44-41(34-18-15-19-36(53)42(34)54)51(50(58(44)3)25-11-9-12-26-50)35-22-21-32(52)28-39(35)59(47(51)64)27-13-8-6-4-5-7-10-16-31-17-14-20-37-43(31)57(2)48(65)60(37)38-23-24-40(61)56-45(38)62/h14-15,17-22,28,33,38,41,44,66H,4-9,11-13,23-27,29-30H2,1-3H3,(H,55,63)(H,56,61,62)/t33?,38?,41-,44+,49?,51+/m0/s1. The number of likely N-dealkylation sites (N-methyl/N-ethyl adjacent to an activating group) is 1. The van der Waals surface area contributed by atoms with Gasteiger partial charge in [-0.05, 0) is 100 Å². The Morgan fingerprint density at radius 2 is 1.68 bits per heavy atom. The summed E-state index contributed by atoms with van der Waals surface area (Å²) >= 11 is 13.3. The van der Waals surface area contributed by atoms with E-state index >= 15 is 9.18 Å². The number of hydrogen-bond acceptors (Lipinski definition) is 7. The number of rotatable bonds is 11. The lowest BCUT2D eigenvalue weighted by molar-refractivity contribution is -0.136. The first-order valence-electron chi connectivity index (χ1n) is 23.5. The zero-order valence-corrected chi connectivity index (χ0v) is 39.2. The van der Waals surface area contributed by atoms with Crippen molar-refractivity contribution in [2.45, 2.75) is 144 Å². The summed E-state index contributed by atoms with van der Waals surface area (Å²) in [6.07, 6.45) is 10.1. The Kier molecular flexibility index (Phi) is 12.5. The number of carbonyl (C=O) groups excluding carboxylic acids is 4. The molecule has 9 rings (SSSR count). The van der Waals surface area contributed by atoms with Crippen LogP contribution in [0.4, 0.5) is 10.1 Å². The first-order valence-corrected chi connectivity index (χ1v) is 24.2. The maximum atomic E-state index is 16.7. The Balaban J connectivity index is 0.926. The number of para-hydroxylation sites is 1. The number of likely N-dealkylation sites (tertiary alicyclic amines) is 1. The van der Waals surface area contributed by atoms with Crippen LogP contribution in [0.3, 0.4) is 0 Å². The van der Waals surface area contributed by atoms with Gasteiger partial charge in [-0.15, -0.1) is 0 Å². The van der Waals surface area contributed by atoms with E-state index in [1.54, 1.807) is 38.2 Å². The molecule has 4 amide bonds. The van der Waals surface area contributed by atoms with Gasteiger partial charge in [0.05, 0.1) is 33.3 Å². The Labute approximate surface area is 394 Å². The molecule has 348 valence electrons. The van der Waals surface area contributed by atoms with E-state index in [0.717, 1.165) is 50.5 Å². The number of imide groups is 1. The molecule has 4 fully saturated rings. The maximum Gasteiger partial charge on any atom is 0.329 e. The van der Waals surface area contributed by atoms with Gasteiger partial charge in [0.1, 0.15) is 17.3 Å². The van der Waals surface area contributed by atoms with Gasteiger partial charge >= 0.3 is 5.69 Å². The van der Waals surface area contributed by atoms with Crippen molar-refractivity contribution >= 4 is 63.6 Å². The number of unbranched alkanes of at least 4 members (excludes halogenated alkanes) is 5. The number of anilines is 1. The smallest absolute Gasteiger partial charge is 0.329 e. The van der Waals surface area contributed by atoms with Crippen molar-refractivity contribution in [1.29, 1.82) is 0 Å². The molecule has 4 heterocycles. The minimum Gasteiger partial charge on any atom is -0.390 e. The number of aryl methyl sites for hydroxylation is 1. The number of aliphatic hydroxyl groups is 1. The molecule has 0 radical (unpaired) electrons. The number of amides is 4. The molecule has 2 aliphatic carbocycles. The van der Waals surface area contributed by atoms with Gasteiger partial charge in [-0.3, -0.25) is 38.5 Å². The fourth-order valence-corrected chi connectivity index (χ4v) is 12.8. The van der Waals surface area contributed by atoms with E-state index in [9.17, 15) is 24.3 Å². The molecule has 1 unspecified atom stereocenters. The topological polar surface area (TPSA) is 146 Å². The lowest BCUT2D eigenvalue weighted by Gasteiger charge is -2.50. The minimum absolute atomic E-state index is 0.0697. The summed E-state index contributed by atoms with van der Waals surface area (Å²) in [6, 6.07) is 14.0. The van der Waals surface area contributed by atoms with Crippen LogP contribution in [0.5, 0.6) is 0 Å². The highest BCUT2D eigenvalue weighted by molar-refractivity contribution is 6.31. The molecule has 66 heavy (non-hydrogen) atoms. The largest absolute Gasteiger partial charge is 0.390 e. The third-order valence-corrected chi connectivity index (χ3v) is 15.9. The second kappa shape index (κ2) is 17.9. The highest BCUT2D eigenvalue weighted by Crippen LogP contribution is 2.67. The first kappa shape index (κ1) is 46.1. The average molecular weight is 940 g/mol. The summed E-state index contributed by atoms with van der Waals surface area (Å²) in [4.78, 5) is 72.4. The highest BCUT2D eigenvalue weighted by Gasteiger charge is 2.76. The van der Waals surface area contributed by atoms with Gasteiger partial charge < -0.3 is 15.3 Å². The summed E-state index contributed by atoms with van der Waals surface area (Å²) in [5.74, 6) is 3.72. The Morgan fingerprint density at radius 1 is 0.955 bits per heavy atom. The molecule has 12 nitrogen and oxygen atoms in total. The summed E-state index contributed by atoms with van der Waals surface area (Å²) in [7, 11) is 3.59. The number of nitrogens with zero attached hydrogens (tertiary/aromatic N) is 4. The summed E-state index contributed by atoms with van der Waals surface area (Å²) in [5, 5.41) is 16.5. The predicted molar refractivity (Wildman–Crippen MR) is 252 cm³/mol. The number of hydrogen-bond donors (Lipinski definition) is 3. The van der Waals surface area contributed by atoms with Crippen LogP contribution in [-0.2, 0) is 31.6 Å². The lowest BCUT2D eigenvalue weighted by Crippen LogP contribution is -2.62. The summed E-state index contributed by atoms with van der Waals surface area (Å²) < 4.78 is 19.6. The highest BCUT2D eigenvalue weighted by atomic mass is 35.5. The molecule has 15 heteroatoms. The number of carbonyl (C=O) groups is 4. The molecule has 1 aromatic heterocycles. The van der Waals surface area contributed by atoms with Crippen LogP contribution in [0.2, 0.25) is 10.0 Å². The molecule has 2 saturated carbocycles. The SMILES string of the molecule is CN1[C@@H](C(=O)NC2CC(C)(O)C2)[C@H](c2cccc(Cl)c2F)[C@]2(C(=O)N(CCCCCCCC#Cc3cccc4c3n(C)c(=O)n4C3CCC(=O)NC3=O)c3cc(Cl)ccc32)C12CCCCC2. The number of piperidine rings is 1. The van der Waals surface area contributed by atoms with E-state index in [0.29, 0.717) is 72.4 Å². The molecule has 0 bridgehead atoms. The van der Waals surface area contributed by atoms with Gasteiger partial charge in [0, 0.05) is 54.6 Å². The maximum absolute atomic E-state index is 16.7. The molecular formula is C51H57Cl2FN6O6. The molecule has 3 aliphatic heterocycles. The monoisotopic (exact) mass is 938 g/mol. The normalized spacial score (nSPS) is 27.0. The van der Waals surface area contributed by atoms with Gasteiger partial charge in [-0.1, -0.05) is 97.8 Å². The number of nitrogens with one attached hydrogen (secondary N) is 2. The van der Waals surface area contributed by atoms with Gasteiger partial charge in [0.25, 0.3) is 0 Å². The molecular weight excluding hydrogens is 883 g/mol.